The largest absolute Gasteiger partial charge is 0.497 e. The second-order valence-electron chi connectivity index (χ2n) is 7.49. The van der Waals surface area contributed by atoms with E-state index in [0.717, 1.165) is 22.8 Å². The third kappa shape index (κ3) is 4.94. The molecule has 3 aromatic rings. The van der Waals surface area contributed by atoms with Crippen LogP contribution in [-0.2, 0) is 4.79 Å². The molecule has 4 rings (SSSR count). The Balaban J connectivity index is 1.37. The number of anilines is 1. The Morgan fingerprint density at radius 3 is 2.44 bits per heavy atom. The number of nitrogens with zero attached hydrogens (tertiary/aromatic N) is 4. The highest BCUT2D eigenvalue weighted by Gasteiger charge is 2.27. The topological polar surface area (TPSA) is 67.8 Å². The van der Waals surface area contributed by atoms with Gasteiger partial charge in [0.25, 0.3) is 5.91 Å². The number of amides is 1. The fourth-order valence-electron chi connectivity index (χ4n) is 3.63. The van der Waals surface area contributed by atoms with E-state index in [0.29, 0.717) is 37.0 Å². The van der Waals surface area contributed by atoms with E-state index < -0.39 is 6.10 Å². The third-order valence-corrected chi connectivity index (χ3v) is 5.75. The summed E-state index contributed by atoms with van der Waals surface area (Å²) in [5, 5.41) is 0.494. The van der Waals surface area contributed by atoms with E-state index in [-0.39, 0.29) is 5.91 Å². The molecule has 7 nitrogen and oxygen atoms in total. The fraction of sp³-hybridized carbons (Fsp3) is 0.292. The maximum Gasteiger partial charge on any atom is 0.263 e. The zero-order chi connectivity index (χ0) is 22.5. The minimum absolute atomic E-state index is 0.0498. The number of para-hydroxylation sites is 1. The molecule has 1 atom stereocenters. The van der Waals surface area contributed by atoms with Gasteiger partial charge in [0.2, 0.25) is 0 Å². The monoisotopic (exact) mass is 452 g/mol. The van der Waals surface area contributed by atoms with Crippen LogP contribution < -0.4 is 14.4 Å². The molecule has 1 fully saturated rings. The van der Waals surface area contributed by atoms with Crippen LogP contribution in [0.25, 0.3) is 11.3 Å². The van der Waals surface area contributed by atoms with Crippen molar-refractivity contribution in [2.24, 2.45) is 0 Å². The smallest absolute Gasteiger partial charge is 0.263 e. The molecule has 0 radical (unpaired) electrons. The minimum atomic E-state index is -0.609. The van der Waals surface area contributed by atoms with E-state index in [1.807, 2.05) is 47.4 Å². The molecule has 2 aromatic carbocycles. The fourth-order valence-corrected chi connectivity index (χ4v) is 3.81. The lowest BCUT2D eigenvalue weighted by molar-refractivity contribution is -0.138. The Hall–Kier alpha value is -3.32. The van der Waals surface area contributed by atoms with Crippen molar-refractivity contribution >= 4 is 23.3 Å². The van der Waals surface area contributed by atoms with Gasteiger partial charge >= 0.3 is 0 Å². The summed E-state index contributed by atoms with van der Waals surface area (Å²) in [5.41, 5.74) is 1.84. The predicted molar refractivity (Wildman–Crippen MR) is 124 cm³/mol. The van der Waals surface area contributed by atoms with Crippen LogP contribution >= 0.6 is 11.6 Å². The first-order valence-electron chi connectivity index (χ1n) is 10.5. The minimum Gasteiger partial charge on any atom is -0.497 e. The first kappa shape index (κ1) is 21.9. The molecular formula is C24H25ClN4O3. The van der Waals surface area contributed by atoms with Gasteiger partial charge in [-0.15, -0.1) is 0 Å². The van der Waals surface area contributed by atoms with Crippen molar-refractivity contribution in [1.82, 2.24) is 14.9 Å². The molecule has 1 aliphatic rings. The van der Waals surface area contributed by atoms with Gasteiger partial charge in [-0.25, -0.2) is 9.97 Å². The lowest BCUT2D eigenvalue weighted by Gasteiger charge is -2.36. The molecule has 1 aliphatic heterocycles. The van der Waals surface area contributed by atoms with Crippen molar-refractivity contribution < 1.29 is 14.3 Å². The molecule has 1 aromatic heterocycles. The first-order chi connectivity index (χ1) is 15.5. The Bertz CT molecular complexity index is 1070. The number of piperazine rings is 1. The van der Waals surface area contributed by atoms with Gasteiger partial charge < -0.3 is 19.3 Å². The summed E-state index contributed by atoms with van der Waals surface area (Å²) >= 11 is 6.14. The van der Waals surface area contributed by atoms with Crippen LogP contribution in [0.5, 0.6) is 11.5 Å². The molecule has 32 heavy (non-hydrogen) atoms. The van der Waals surface area contributed by atoms with Gasteiger partial charge in [0.15, 0.2) is 6.10 Å². The second kappa shape index (κ2) is 9.87. The molecule has 0 bridgehead atoms. The number of rotatable bonds is 6. The summed E-state index contributed by atoms with van der Waals surface area (Å²) in [5.74, 6) is 2.11. The Labute approximate surface area is 192 Å². The average Bonchev–Trinajstić information content (AvgIpc) is 2.85. The number of carbonyl (C=O) groups is 1. The van der Waals surface area contributed by atoms with Gasteiger partial charge in [0.1, 0.15) is 23.6 Å². The molecular weight excluding hydrogens is 428 g/mol. The molecule has 166 valence electrons. The van der Waals surface area contributed by atoms with E-state index in [4.69, 9.17) is 21.1 Å². The van der Waals surface area contributed by atoms with Crippen molar-refractivity contribution in [3.8, 4) is 22.8 Å². The maximum absolute atomic E-state index is 12.9. The quantitative estimate of drug-likeness (QED) is 0.564. The van der Waals surface area contributed by atoms with Crippen molar-refractivity contribution in [3.63, 3.8) is 0 Å². The normalized spacial score (nSPS) is 14.7. The SMILES string of the molecule is COc1ccc(-c2cc(N3CCN(C(=O)C(C)Oc4ccccc4Cl)CC3)ncn2)cc1. The molecule has 0 aliphatic carbocycles. The van der Waals surface area contributed by atoms with Crippen LogP contribution in [0.3, 0.4) is 0 Å². The van der Waals surface area contributed by atoms with Crippen LogP contribution in [0.1, 0.15) is 6.92 Å². The Kier molecular flexibility index (Phi) is 6.75. The predicted octanol–water partition coefficient (Wildman–Crippen LogP) is 3.92. The summed E-state index contributed by atoms with van der Waals surface area (Å²) in [4.78, 5) is 25.7. The molecule has 1 saturated heterocycles. The van der Waals surface area contributed by atoms with Gasteiger partial charge in [0, 0.05) is 37.8 Å². The number of carbonyl (C=O) groups excluding carboxylic acids is 1. The van der Waals surface area contributed by atoms with Crippen molar-refractivity contribution in [3.05, 3.63) is 65.9 Å². The zero-order valence-electron chi connectivity index (χ0n) is 18.1. The van der Waals surface area contributed by atoms with E-state index in [1.54, 1.807) is 32.5 Å². The highest BCUT2D eigenvalue weighted by molar-refractivity contribution is 6.32. The summed E-state index contributed by atoms with van der Waals surface area (Å²) in [7, 11) is 1.64. The summed E-state index contributed by atoms with van der Waals surface area (Å²) in [6.45, 7) is 4.31. The van der Waals surface area contributed by atoms with Crippen LogP contribution in [0.2, 0.25) is 5.02 Å². The van der Waals surface area contributed by atoms with E-state index in [9.17, 15) is 4.79 Å². The van der Waals surface area contributed by atoms with Crippen molar-refractivity contribution in [2.45, 2.75) is 13.0 Å². The molecule has 0 N–H and O–H groups in total. The number of halogens is 1. The van der Waals surface area contributed by atoms with E-state index in [2.05, 4.69) is 14.9 Å². The van der Waals surface area contributed by atoms with Crippen molar-refractivity contribution in [2.75, 3.05) is 38.2 Å². The van der Waals surface area contributed by atoms with Gasteiger partial charge in [-0.05, 0) is 43.3 Å². The number of benzene rings is 2. The standard InChI is InChI=1S/C24H25ClN4O3/c1-17(32-22-6-4-3-5-20(22)25)24(30)29-13-11-28(12-14-29)23-15-21(26-16-27-23)18-7-9-19(31-2)10-8-18/h3-10,15-17H,11-14H2,1-2H3. The van der Waals surface area contributed by atoms with E-state index >= 15 is 0 Å². The summed E-state index contributed by atoms with van der Waals surface area (Å²) in [6, 6.07) is 16.9. The molecule has 0 spiro atoms. The lowest BCUT2D eigenvalue weighted by Crippen LogP contribution is -2.52. The molecule has 1 unspecified atom stereocenters. The molecule has 8 heteroatoms. The number of ether oxygens (including phenoxy) is 2. The lowest BCUT2D eigenvalue weighted by atomic mass is 10.1. The highest BCUT2D eigenvalue weighted by Crippen LogP contribution is 2.26. The van der Waals surface area contributed by atoms with Gasteiger partial charge in [-0.3, -0.25) is 4.79 Å². The van der Waals surface area contributed by atoms with Crippen LogP contribution in [0, 0.1) is 0 Å². The number of hydrogen-bond acceptors (Lipinski definition) is 6. The van der Waals surface area contributed by atoms with Crippen LogP contribution in [0.4, 0.5) is 5.82 Å². The van der Waals surface area contributed by atoms with Gasteiger partial charge in [-0.1, -0.05) is 23.7 Å². The number of methoxy groups -OCH3 is 1. The second-order valence-corrected chi connectivity index (χ2v) is 7.90. The van der Waals surface area contributed by atoms with Crippen LogP contribution in [-0.4, -0.2) is 60.2 Å². The molecule has 0 saturated carbocycles. The van der Waals surface area contributed by atoms with Gasteiger partial charge in [-0.2, -0.15) is 0 Å². The third-order valence-electron chi connectivity index (χ3n) is 5.44. The molecule has 2 heterocycles. The van der Waals surface area contributed by atoms with E-state index in [1.165, 1.54) is 0 Å². The average molecular weight is 453 g/mol. The van der Waals surface area contributed by atoms with Gasteiger partial charge in [0.05, 0.1) is 17.8 Å². The first-order valence-corrected chi connectivity index (χ1v) is 10.8. The zero-order valence-corrected chi connectivity index (χ0v) is 18.8. The Morgan fingerprint density at radius 1 is 1.03 bits per heavy atom. The van der Waals surface area contributed by atoms with Crippen LogP contribution in [0.15, 0.2) is 60.9 Å². The summed E-state index contributed by atoms with van der Waals surface area (Å²) < 4.78 is 11.0. The molecule has 1 amide bonds. The van der Waals surface area contributed by atoms with Crippen molar-refractivity contribution in [1.29, 1.82) is 0 Å². The number of aromatic nitrogens is 2. The highest BCUT2D eigenvalue weighted by atomic mass is 35.5. The summed E-state index contributed by atoms with van der Waals surface area (Å²) in [6.07, 6.45) is 0.966. The number of hydrogen-bond donors (Lipinski definition) is 0. The maximum atomic E-state index is 12.9. The Morgan fingerprint density at radius 2 is 1.75 bits per heavy atom.